The Labute approximate surface area is 195 Å². The van der Waals surface area contributed by atoms with E-state index in [9.17, 15) is 9.59 Å². The van der Waals surface area contributed by atoms with Gasteiger partial charge in [0.05, 0.1) is 14.5 Å². The SMILES string of the molecule is CCNC(=O)[C@@H](C)N(Cc1ccc(Cl)c(Cl)c1)C(=O)COc1ccc(CC)cc1Br. The molecule has 0 saturated heterocycles. The molecule has 2 amide bonds. The van der Waals surface area contributed by atoms with Crippen molar-refractivity contribution >= 4 is 50.9 Å². The first-order valence-electron chi connectivity index (χ1n) is 9.69. The zero-order chi connectivity index (χ0) is 22.3. The fourth-order valence-corrected chi connectivity index (χ4v) is 3.70. The summed E-state index contributed by atoms with van der Waals surface area (Å²) in [5.74, 6) is 0.0198. The van der Waals surface area contributed by atoms with E-state index in [1.165, 1.54) is 4.90 Å². The average Bonchev–Trinajstić information content (AvgIpc) is 2.72. The first-order valence-corrected chi connectivity index (χ1v) is 11.2. The predicted molar refractivity (Wildman–Crippen MR) is 124 cm³/mol. The second-order valence-electron chi connectivity index (χ2n) is 6.75. The van der Waals surface area contributed by atoms with E-state index >= 15 is 0 Å². The highest BCUT2D eigenvalue weighted by Crippen LogP contribution is 2.27. The standard InChI is InChI=1S/C22H25BrCl2N2O3/c1-4-15-7-9-20(17(23)10-15)30-13-21(28)27(14(3)22(29)26-5-2)12-16-6-8-18(24)19(25)11-16/h6-11,14H,4-5,12-13H2,1-3H3,(H,26,29)/t14-/m1/s1. The Morgan fingerprint density at radius 2 is 1.80 bits per heavy atom. The van der Waals surface area contributed by atoms with Crippen LogP contribution < -0.4 is 10.1 Å². The van der Waals surface area contributed by atoms with Crippen LogP contribution >= 0.6 is 39.1 Å². The number of nitrogens with zero attached hydrogens (tertiary/aromatic N) is 1. The zero-order valence-corrected chi connectivity index (χ0v) is 20.3. The molecule has 0 unspecified atom stereocenters. The van der Waals surface area contributed by atoms with E-state index in [0.717, 1.165) is 22.0 Å². The maximum absolute atomic E-state index is 13.0. The van der Waals surface area contributed by atoms with Crippen LogP contribution in [-0.4, -0.2) is 35.9 Å². The highest BCUT2D eigenvalue weighted by Gasteiger charge is 2.26. The smallest absolute Gasteiger partial charge is 0.261 e. The summed E-state index contributed by atoms with van der Waals surface area (Å²) in [6.45, 7) is 6.06. The van der Waals surface area contributed by atoms with Crippen molar-refractivity contribution in [3.8, 4) is 5.75 Å². The number of rotatable bonds is 9. The Hall–Kier alpha value is -1.76. The predicted octanol–water partition coefficient (Wildman–Crippen LogP) is 5.25. The summed E-state index contributed by atoms with van der Waals surface area (Å²) < 4.78 is 6.51. The second kappa shape index (κ2) is 11.6. The second-order valence-corrected chi connectivity index (χ2v) is 8.42. The van der Waals surface area contributed by atoms with Gasteiger partial charge < -0.3 is 15.0 Å². The van der Waals surface area contributed by atoms with E-state index in [0.29, 0.717) is 22.3 Å². The lowest BCUT2D eigenvalue weighted by Crippen LogP contribution is -2.49. The average molecular weight is 516 g/mol. The Morgan fingerprint density at radius 1 is 1.10 bits per heavy atom. The van der Waals surface area contributed by atoms with Gasteiger partial charge >= 0.3 is 0 Å². The Bertz CT molecular complexity index is 908. The first-order chi connectivity index (χ1) is 14.3. The van der Waals surface area contributed by atoms with Crippen LogP contribution in [0.4, 0.5) is 0 Å². The largest absolute Gasteiger partial charge is 0.483 e. The number of halogens is 3. The van der Waals surface area contributed by atoms with Crippen LogP contribution in [0.15, 0.2) is 40.9 Å². The molecule has 1 atom stereocenters. The first kappa shape index (κ1) is 24.5. The highest BCUT2D eigenvalue weighted by atomic mass is 79.9. The van der Waals surface area contributed by atoms with E-state index in [4.69, 9.17) is 27.9 Å². The van der Waals surface area contributed by atoms with Crippen LogP contribution in [0, 0.1) is 0 Å². The van der Waals surface area contributed by atoms with Crippen LogP contribution in [0.3, 0.4) is 0 Å². The molecule has 0 fully saturated rings. The quantitative estimate of drug-likeness (QED) is 0.496. The molecule has 0 saturated carbocycles. The summed E-state index contributed by atoms with van der Waals surface area (Å²) in [4.78, 5) is 26.9. The van der Waals surface area contributed by atoms with Crippen molar-refractivity contribution in [2.45, 2.75) is 39.8 Å². The minimum Gasteiger partial charge on any atom is -0.483 e. The minimum absolute atomic E-state index is 0.199. The molecule has 0 aromatic heterocycles. The van der Waals surface area contributed by atoms with Crippen LogP contribution in [0.2, 0.25) is 10.0 Å². The number of ether oxygens (including phenoxy) is 1. The summed E-state index contributed by atoms with van der Waals surface area (Å²) in [6.07, 6.45) is 0.902. The Balaban J connectivity index is 2.18. The van der Waals surface area contributed by atoms with Crippen LogP contribution in [-0.2, 0) is 22.6 Å². The molecule has 0 aliphatic carbocycles. The molecule has 162 valence electrons. The Kier molecular flexibility index (Phi) is 9.46. The molecule has 2 aromatic rings. The molecule has 8 heteroatoms. The summed E-state index contributed by atoms with van der Waals surface area (Å²) in [7, 11) is 0. The van der Waals surface area contributed by atoms with Gasteiger partial charge in [0.1, 0.15) is 11.8 Å². The number of hydrogen-bond donors (Lipinski definition) is 1. The molecule has 0 bridgehead atoms. The normalized spacial score (nSPS) is 11.7. The molecule has 1 N–H and O–H groups in total. The third kappa shape index (κ3) is 6.62. The van der Waals surface area contributed by atoms with Gasteiger partial charge in [-0.05, 0) is 71.6 Å². The van der Waals surface area contributed by atoms with Gasteiger partial charge in [-0.1, -0.05) is 42.3 Å². The van der Waals surface area contributed by atoms with Crippen molar-refractivity contribution in [3.05, 3.63) is 62.0 Å². The van der Waals surface area contributed by atoms with Crippen molar-refractivity contribution in [1.29, 1.82) is 0 Å². The number of benzene rings is 2. The number of amides is 2. The zero-order valence-electron chi connectivity index (χ0n) is 17.2. The van der Waals surface area contributed by atoms with Gasteiger partial charge in [0.15, 0.2) is 6.61 Å². The minimum atomic E-state index is -0.679. The van der Waals surface area contributed by atoms with Gasteiger partial charge in [-0.2, -0.15) is 0 Å². The van der Waals surface area contributed by atoms with Crippen LogP contribution in [0.5, 0.6) is 5.75 Å². The van der Waals surface area contributed by atoms with Gasteiger partial charge in [0, 0.05) is 13.1 Å². The van der Waals surface area contributed by atoms with Crippen LogP contribution in [0.1, 0.15) is 31.9 Å². The van der Waals surface area contributed by atoms with E-state index < -0.39 is 6.04 Å². The lowest BCUT2D eigenvalue weighted by molar-refractivity contribution is -0.142. The third-order valence-corrected chi connectivity index (χ3v) is 5.97. The van der Waals surface area contributed by atoms with Crippen molar-refractivity contribution in [1.82, 2.24) is 10.2 Å². The van der Waals surface area contributed by atoms with Crippen molar-refractivity contribution in [3.63, 3.8) is 0 Å². The molecule has 5 nitrogen and oxygen atoms in total. The lowest BCUT2D eigenvalue weighted by atomic mass is 10.1. The van der Waals surface area contributed by atoms with Crippen molar-refractivity contribution < 1.29 is 14.3 Å². The van der Waals surface area contributed by atoms with E-state index in [-0.39, 0.29) is 25.0 Å². The van der Waals surface area contributed by atoms with E-state index in [1.807, 2.05) is 25.1 Å². The van der Waals surface area contributed by atoms with Gasteiger partial charge in [-0.15, -0.1) is 0 Å². The number of nitrogens with one attached hydrogen (secondary N) is 1. The van der Waals surface area contributed by atoms with E-state index in [1.54, 1.807) is 25.1 Å². The maximum atomic E-state index is 13.0. The molecule has 0 radical (unpaired) electrons. The van der Waals surface area contributed by atoms with Gasteiger partial charge in [-0.3, -0.25) is 9.59 Å². The third-order valence-electron chi connectivity index (χ3n) is 4.61. The van der Waals surface area contributed by atoms with Gasteiger partial charge in [0.25, 0.3) is 5.91 Å². The molecule has 0 aliphatic rings. The molecule has 30 heavy (non-hydrogen) atoms. The highest BCUT2D eigenvalue weighted by molar-refractivity contribution is 9.10. The van der Waals surface area contributed by atoms with Crippen molar-refractivity contribution in [2.75, 3.05) is 13.2 Å². The summed E-state index contributed by atoms with van der Waals surface area (Å²) in [6, 6.07) is 10.2. The van der Waals surface area contributed by atoms with Crippen LogP contribution in [0.25, 0.3) is 0 Å². The van der Waals surface area contributed by atoms with Crippen molar-refractivity contribution in [2.24, 2.45) is 0 Å². The monoisotopic (exact) mass is 514 g/mol. The molecule has 2 aromatic carbocycles. The molecule has 0 aliphatic heterocycles. The molecule has 2 rings (SSSR count). The van der Waals surface area contributed by atoms with E-state index in [2.05, 4.69) is 28.2 Å². The number of likely N-dealkylation sites (N-methyl/N-ethyl adjacent to an activating group) is 1. The number of aryl methyl sites for hydroxylation is 1. The number of carbonyl (C=O) groups is 2. The lowest BCUT2D eigenvalue weighted by Gasteiger charge is -2.28. The summed E-state index contributed by atoms with van der Waals surface area (Å²) in [5, 5.41) is 3.58. The summed E-state index contributed by atoms with van der Waals surface area (Å²) in [5.41, 5.74) is 1.93. The summed E-state index contributed by atoms with van der Waals surface area (Å²) >= 11 is 15.6. The number of carbonyl (C=O) groups excluding carboxylic acids is 2. The molecular weight excluding hydrogens is 491 g/mol. The molecule has 0 spiro atoms. The topological polar surface area (TPSA) is 58.6 Å². The fraction of sp³-hybridized carbons (Fsp3) is 0.364. The Morgan fingerprint density at radius 3 is 2.40 bits per heavy atom. The molecular formula is C22H25BrCl2N2O3. The number of hydrogen-bond acceptors (Lipinski definition) is 3. The maximum Gasteiger partial charge on any atom is 0.261 e. The molecule has 0 heterocycles. The van der Waals surface area contributed by atoms with Gasteiger partial charge in [0.2, 0.25) is 5.91 Å². The van der Waals surface area contributed by atoms with Gasteiger partial charge in [-0.25, -0.2) is 0 Å². The fourth-order valence-electron chi connectivity index (χ4n) is 2.84.